The second kappa shape index (κ2) is 6.93. The van der Waals surface area contributed by atoms with Gasteiger partial charge in [-0.2, -0.15) is 0 Å². The van der Waals surface area contributed by atoms with Crippen LogP contribution in [0.5, 0.6) is 0 Å². The van der Waals surface area contributed by atoms with Gasteiger partial charge in [0.2, 0.25) is 0 Å². The first kappa shape index (κ1) is 17.5. The summed E-state index contributed by atoms with van der Waals surface area (Å²) in [5, 5.41) is 0. The van der Waals surface area contributed by atoms with Crippen LogP contribution >= 0.6 is 0 Å². The van der Waals surface area contributed by atoms with E-state index in [1.54, 1.807) is 17.9 Å². The summed E-state index contributed by atoms with van der Waals surface area (Å²) in [6, 6.07) is 0. The number of nitrogens with zero attached hydrogens (tertiary/aromatic N) is 1. The van der Waals surface area contributed by atoms with Crippen molar-refractivity contribution in [2.75, 3.05) is 26.3 Å². The van der Waals surface area contributed by atoms with E-state index in [4.69, 9.17) is 14.2 Å². The largest absolute Gasteiger partial charge is 0.463 e. The Morgan fingerprint density at radius 1 is 1.38 bits per heavy atom. The van der Waals surface area contributed by atoms with Crippen molar-refractivity contribution in [3.63, 3.8) is 0 Å². The summed E-state index contributed by atoms with van der Waals surface area (Å²) < 4.78 is 15.8. The predicted octanol–water partition coefficient (Wildman–Crippen LogP) is 2.13. The Labute approximate surface area is 126 Å². The van der Waals surface area contributed by atoms with Crippen molar-refractivity contribution >= 4 is 12.1 Å². The van der Waals surface area contributed by atoms with Crippen molar-refractivity contribution in [2.24, 2.45) is 0 Å². The molecular formula is C15H25NO5. The molecule has 0 aromatic heterocycles. The van der Waals surface area contributed by atoms with Gasteiger partial charge in [-0.25, -0.2) is 9.59 Å². The third kappa shape index (κ3) is 6.16. The summed E-state index contributed by atoms with van der Waals surface area (Å²) in [6.45, 7) is 10.6. The molecule has 1 unspecified atom stereocenters. The van der Waals surface area contributed by atoms with Gasteiger partial charge in [0.25, 0.3) is 0 Å². The second-order valence-corrected chi connectivity index (χ2v) is 6.15. The van der Waals surface area contributed by atoms with Crippen molar-refractivity contribution in [2.45, 2.75) is 45.8 Å². The lowest BCUT2D eigenvalue weighted by atomic mass is 10.0. The molecule has 0 saturated carbocycles. The third-order valence-electron chi connectivity index (χ3n) is 2.81. The number of carbonyl (C=O) groups excluding carboxylic acids is 2. The maximum Gasteiger partial charge on any atom is 0.410 e. The molecule has 1 heterocycles. The van der Waals surface area contributed by atoms with E-state index in [1.165, 1.54) is 6.08 Å². The Kier molecular flexibility index (Phi) is 5.78. The molecule has 1 saturated heterocycles. The summed E-state index contributed by atoms with van der Waals surface area (Å²) in [5.41, 5.74) is -1.26. The number of esters is 1. The van der Waals surface area contributed by atoms with Crippen LogP contribution in [0.4, 0.5) is 4.79 Å². The summed E-state index contributed by atoms with van der Waals surface area (Å²) in [7, 11) is 0. The van der Waals surface area contributed by atoms with Crippen LogP contribution in [0.25, 0.3) is 0 Å². The minimum atomic E-state index is -0.720. The first-order chi connectivity index (χ1) is 9.65. The lowest BCUT2D eigenvalue weighted by Gasteiger charge is -2.39. The van der Waals surface area contributed by atoms with E-state index < -0.39 is 17.2 Å². The molecule has 120 valence electrons. The zero-order valence-corrected chi connectivity index (χ0v) is 13.5. The number of carbonyl (C=O) groups is 2. The molecule has 1 atom stereocenters. The van der Waals surface area contributed by atoms with E-state index in [2.05, 4.69) is 0 Å². The summed E-state index contributed by atoms with van der Waals surface area (Å²) in [4.78, 5) is 25.0. The molecule has 0 spiro atoms. The van der Waals surface area contributed by atoms with E-state index >= 15 is 0 Å². The average molecular weight is 299 g/mol. The zero-order chi connectivity index (χ0) is 16.1. The van der Waals surface area contributed by atoms with E-state index in [-0.39, 0.29) is 6.09 Å². The fraction of sp³-hybridized carbons (Fsp3) is 0.733. The molecule has 0 radical (unpaired) electrons. The number of hydrogen-bond acceptors (Lipinski definition) is 5. The highest BCUT2D eigenvalue weighted by Crippen LogP contribution is 2.21. The van der Waals surface area contributed by atoms with Crippen LogP contribution in [0, 0.1) is 0 Å². The van der Waals surface area contributed by atoms with E-state index in [1.807, 2.05) is 27.7 Å². The van der Waals surface area contributed by atoms with Gasteiger partial charge in [-0.1, -0.05) is 0 Å². The lowest BCUT2D eigenvalue weighted by molar-refractivity contribution is -0.137. The molecule has 1 fully saturated rings. The van der Waals surface area contributed by atoms with Crippen LogP contribution in [-0.4, -0.2) is 54.5 Å². The van der Waals surface area contributed by atoms with Crippen LogP contribution in [-0.2, 0) is 19.0 Å². The standard InChI is InChI=1S/C15H25NO5/c1-6-19-12(17)7-8-15(5)11-16(9-10-20-15)13(18)21-14(2,3)4/h7-8H,6,9-11H2,1-5H3. The summed E-state index contributed by atoms with van der Waals surface area (Å²) >= 11 is 0. The Morgan fingerprint density at radius 2 is 2.05 bits per heavy atom. The summed E-state index contributed by atoms with van der Waals surface area (Å²) in [5.74, 6) is -0.420. The van der Waals surface area contributed by atoms with E-state index in [0.29, 0.717) is 26.3 Å². The topological polar surface area (TPSA) is 65.1 Å². The van der Waals surface area contributed by atoms with Gasteiger partial charge in [0, 0.05) is 12.6 Å². The smallest absolute Gasteiger partial charge is 0.410 e. The Hall–Kier alpha value is -1.56. The fourth-order valence-corrected chi connectivity index (χ4v) is 1.91. The second-order valence-electron chi connectivity index (χ2n) is 6.15. The Balaban J connectivity index is 2.66. The monoisotopic (exact) mass is 299 g/mol. The van der Waals surface area contributed by atoms with Crippen molar-refractivity contribution in [1.82, 2.24) is 4.90 Å². The Bertz CT molecular complexity index is 413. The molecule has 0 aromatic carbocycles. The van der Waals surface area contributed by atoms with Crippen LogP contribution in [0.15, 0.2) is 12.2 Å². The SMILES string of the molecule is CCOC(=O)C=CC1(C)CN(C(=O)OC(C)(C)C)CCO1. The van der Waals surface area contributed by atoms with Crippen LogP contribution in [0.1, 0.15) is 34.6 Å². The molecular weight excluding hydrogens is 274 g/mol. The van der Waals surface area contributed by atoms with Crippen LogP contribution in [0.3, 0.4) is 0 Å². The highest BCUT2D eigenvalue weighted by molar-refractivity contribution is 5.82. The van der Waals surface area contributed by atoms with Gasteiger partial charge in [-0.05, 0) is 40.7 Å². The number of amides is 1. The van der Waals surface area contributed by atoms with Crippen molar-refractivity contribution in [3.05, 3.63) is 12.2 Å². The molecule has 1 rings (SSSR count). The molecule has 1 aliphatic rings. The minimum absolute atomic E-state index is 0.324. The van der Waals surface area contributed by atoms with Crippen LogP contribution < -0.4 is 0 Å². The van der Waals surface area contributed by atoms with Crippen molar-refractivity contribution in [3.8, 4) is 0 Å². The number of morpholine rings is 1. The van der Waals surface area contributed by atoms with E-state index in [0.717, 1.165) is 0 Å². The quantitative estimate of drug-likeness (QED) is 0.590. The number of ether oxygens (including phenoxy) is 3. The number of rotatable bonds is 3. The van der Waals surface area contributed by atoms with Gasteiger partial charge in [0.05, 0.1) is 19.8 Å². The Morgan fingerprint density at radius 3 is 2.62 bits per heavy atom. The maximum atomic E-state index is 12.1. The van der Waals surface area contributed by atoms with Gasteiger partial charge in [0.1, 0.15) is 11.2 Å². The average Bonchev–Trinajstić information content (AvgIpc) is 2.35. The molecule has 6 nitrogen and oxygen atoms in total. The lowest BCUT2D eigenvalue weighted by Crippen LogP contribution is -2.52. The maximum absolute atomic E-state index is 12.1. The van der Waals surface area contributed by atoms with Crippen molar-refractivity contribution < 1.29 is 23.8 Å². The normalized spacial score (nSPS) is 23.2. The molecule has 0 N–H and O–H groups in total. The molecule has 1 aliphatic heterocycles. The van der Waals surface area contributed by atoms with Gasteiger partial charge in [-0.3, -0.25) is 0 Å². The first-order valence-electron chi connectivity index (χ1n) is 7.13. The fourth-order valence-electron chi connectivity index (χ4n) is 1.91. The van der Waals surface area contributed by atoms with Crippen molar-refractivity contribution in [1.29, 1.82) is 0 Å². The van der Waals surface area contributed by atoms with Gasteiger partial charge in [0.15, 0.2) is 0 Å². The molecule has 0 bridgehead atoms. The molecule has 21 heavy (non-hydrogen) atoms. The highest BCUT2D eigenvalue weighted by atomic mass is 16.6. The third-order valence-corrected chi connectivity index (χ3v) is 2.81. The van der Waals surface area contributed by atoms with Crippen LogP contribution in [0.2, 0.25) is 0 Å². The number of hydrogen-bond donors (Lipinski definition) is 0. The molecule has 0 aliphatic carbocycles. The molecule has 1 amide bonds. The minimum Gasteiger partial charge on any atom is -0.463 e. The molecule has 6 heteroatoms. The molecule has 0 aromatic rings. The van der Waals surface area contributed by atoms with E-state index in [9.17, 15) is 9.59 Å². The van der Waals surface area contributed by atoms with Gasteiger partial charge >= 0.3 is 12.1 Å². The first-order valence-corrected chi connectivity index (χ1v) is 7.13. The highest BCUT2D eigenvalue weighted by Gasteiger charge is 2.34. The summed E-state index contributed by atoms with van der Waals surface area (Å²) in [6.07, 6.45) is 2.59. The zero-order valence-electron chi connectivity index (χ0n) is 13.5. The predicted molar refractivity (Wildman–Crippen MR) is 77.9 cm³/mol. The van der Waals surface area contributed by atoms with Gasteiger partial charge in [-0.15, -0.1) is 0 Å². The van der Waals surface area contributed by atoms with Gasteiger partial charge < -0.3 is 19.1 Å².